The van der Waals surface area contributed by atoms with Crippen molar-refractivity contribution in [2.75, 3.05) is 5.32 Å². The van der Waals surface area contributed by atoms with Crippen molar-refractivity contribution in [3.8, 4) is 11.3 Å². The number of fused-ring (bicyclic) bond motifs is 1. The Balaban J connectivity index is 0.00000113. The smallest absolute Gasteiger partial charge is 0.161 e. The van der Waals surface area contributed by atoms with E-state index in [1.165, 1.54) is 0 Å². The lowest BCUT2D eigenvalue weighted by molar-refractivity contribution is 0.823. The second-order valence-electron chi connectivity index (χ2n) is 5.30. The number of hydrogen-bond donors (Lipinski definition) is 1. The summed E-state index contributed by atoms with van der Waals surface area (Å²) in [6, 6.07) is 28.4. The second kappa shape index (κ2) is 9.48. The van der Waals surface area contributed by atoms with Crippen molar-refractivity contribution >= 4 is 34.7 Å². The van der Waals surface area contributed by atoms with Gasteiger partial charge in [-0.25, -0.2) is 0 Å². The summed E-state index contributed by atoms with van der Waals surface area (Å²) in [5, 5.41) is 14.4. The van der Waals surface area contributed by atoms with Gasteiger partial charge in [0.25, 0.3) is 0 Å². The number of nitrogens with zero attached hydrogens (tertiary/aromatic N) is 2. The third-order valence-electron chi connectivity index (χ3n) is 3.77. The number of anilines is 2. The van der Waals surface area contributed by atoms with Gasteiger partial charge in [-0.05, 0) is 12.1 Å². The van der Waals surface area contributed by atoms with Gasteiger partial charge in [0.05, 0.1) is 0 Å². The molecule has 0 saturated carbocycles. The highest BCUT2D eigenvalue weighted by atomic mass is 35.5. The molecule has 6 heteroatoms. The Bertz CT molecular complexity index is 951. The van der Waals surface area contributed by atoms with Gasteiger partial charge in [-0.15, -0.1) is 22.6 Å². The fraction of sp³-hybridized carbons (Fsp3) is 0. The minimum absolute atomic E-state index is 0. The minimum Gasteiger partial charge on any atom is -0.412 e. The van der Waals surface area contributed by atoms with Crippen LogP contribution in [0, 0.1) is 0 Å². The summed E-state index contributed by atoms with van der Waals surface area (Å²) in [6.07, 6.45) is 0. The quantitative estimate of drug-likeness (QED) is 0.594. The molecule has 0 saturated heterocycles. The largest absolute Gasteiger partial charge is 0.412 e. The maximum atomic E-state index is 4.46. The molecule has 0 radical (unpaired) electrons. The molecule has 134 valence electrons. The third kappa shape index (κ3) is 4.15. The van der Waals surface area contributed by atoms with Gasteiger partial charge in [0.1, 0.15) is 5.69 Å². The Morgan fingerprint density at radius 1 is 0.577 bits per heavy atom. The highest BCUT2D eigenvalue weighted by molar-refractivity contribution is 6.00. The molecule has 0 spiro atoms. The molecule has 4 rings (SSSR count). The Labute approximate surface area is 157 Å². The van der Waals surface area contributed by atoms with Crippen LogP contribution in [-0.2, 0) is 0 Å². The van der Waals surface area contributed by atoms with E-state index in [0.717, 1.165) is 33.5 Å². The van der Waals surface area contributed by atoms with Crippen molar-refractivity contribution in [3.63, 3.8) is 0 Å². The monoisotopic (exact) mass is 369 g/mol. The first-order chi connectivity index (χ1) is 11.4. The van der Waals surface area contributed by atoms with Crippen LogP contribution in [0.4, 0.5) is 11.5 Å². The van der Waals surface area contributed by atoms with Crippen molar-refractivity contribution in [3.05, 3.63) is 84.9 Å². The summed E-state index contributed by atoms with van der Waals surface area (Å²) in [6.45, 7) is 0. The Morgan fingerprint density at radius 2 is 1.12 bits per heavy atom. The van der Waals surface area contributed by atoms with Gasteiger partial charge in [-0.3, -0.25) is 0 Å². The molecule has 4 aromatic rings. The highest BCUT2D eigenvalue weighted by Crippen LogP contribution is 2.30. The van der Waals surface area contributed by atoms with Crippen molar-refractivity contribution in [2.24, 2.45) is 0 Å². The summed E-state index contributed by atoms with van der Waals surface area (Å²) in [5.74, 6) is 0.770. The molecule has 5 nitrogen and oxygen atoms in total. The fourth-order valence-corrected chi connectivity index (χ4v) is 2.66. The predicted molar refractivity (Wildman–Crippen MR) is 109 cm³/mol. The SMILES string of the molecule is Cl.O.O.c1ccc(Nc2nnc(-c3ccccc3)c3ccccc23)cc1. The molecule has 0 atom stereocenters. The van der Waals surface area contributed by atoms with Crippen LogP contribution in [0.3, 0.4) is 0 Å². The third-order valence-corrected chi connectivity index (χ3v) is 3.77. The first-order valence-corrected chi connectivity index (χ1v) is 7.55. The number of halogens is 1. The van der Waals surface area contributed by atoms with Gasteiger partial charge < -0.3 is 16.3 Å². The maximum Gasteiger partial charge on any atom is 0.161 e. The average molecular weight is 370 g/mol. The van der Waals surface area contributed by atoms with Crippen LogP contribution in [0.2, 0.25) is 0 Å². The van der Waals surface area contributed by atoms with Crippen molar-refractivity contribution in [1.29, 1.82) is 0 Å². The van der Waals surface area contributed by atoms with E-state index in [1.807, 2.05) is 60.7 Å². The van der Waals surface area contributed by atoms with E-state index >= 15 is 0 Å². The van der Waals surface area contributed by atoms with Gasteiger partial charge >= 0.3 is 0 Å². The molecule has 0 aliphatic heterocycles. The van der Waals surface area contributed by atoms with E-state index in [4.69, 9.17) is 0 Å². The second-order valence-corrected chi connectivity index (χ2v) is 5.30. The number of para-hydroxylation sites is 1. The molecule has 0 amide bonds. The van der Waals surface area contributed by atoms with E-state index in [9.17, 15) is 0 Å². The zero-order valence-electron chi connectivity index (χ0n) is 13.9. The highest BCUT2D eigenvalue weighted by Gasteiger charge is 2.10. The van der Waals surface area contributed by atoms with Crippen LogP contribution >= 0.6 is 12.4 Å². The van der Waals surface area contributed by atoms with Gasteiger partial charge in [-0.2, -0.15) is 0 Å². The molecule has 3 aromatic carbocycles. The van der Waals surface area contributed by atoms with E-state index < -0.39 is 0 Å². The van der Waals surface area contributed by atoms with Gasteiger partial charge in [0, 0.05) is 22.0 Å². The van der Waals surface area contributed by atoms with Crippen LogP contribution in [0.15, 0.2) is 84.9 Å². The molecular formula is C20H20ClN3O2. The van der Waals surface area contributed by atoms with E-state index in [1.54, 1.807) is 0 Å². The number of benzene rings is 3. The van der Waals surface area contributed by atoms with Gasteiger partial charge in [0.2, 0.25) is 0 Å². The van der Waals surface area contributed by atoms with Crippen molar-refractivity contribution < 1.29 is 11.0 Å². The number of aromatic nitrogens is 2. The number of rotatable bonds is 3. The van der Waals surface area contributed by atoms with Crippen LogP contribution < -0.4 is 5.32 Å². The van der Waals surface area contributed by atoms with E-state index in [-0.39, 0.29) is 23.4 Å². The summed E-state index contributed by atoms with van der Waals surface area (Å²) in [5.41, 5.74) is 2.97. The maximum absolute atomic E-state index is 4.46. The lowest BCUT2D eigenvalue weighted by atomic mass is 10.0. The standard InChI is InChI=1S/C20H15N3.ClH.2H2O/c1-3-9-15(10-4-1)19-17-13-7-8-14-18(17)20(23-22-19)21-16-11-5-2-6-12-16;;;/h1-14H,(H,21,23);1H;2*1H2. The lowest BCUT2D eigenvalue weighted by Gasteiger charge is -2.11. The minimum atomic E-state index is 0. The number of nitrogens with one attached hydrogen (secondary N) is 1. The Morgan fingerprint density at radius 3 is 1.77 bits per heavy atom. The molecule has 1 aromatic heterocycles. The molecule has 26 heavy (non-hydrogen) atoms. The first-order valence-electron chi connectivity index (χ1n) is 7.55. The Kier molecular flexibility index (Phi) is 7.68. The van der Waals surface area contributed by atoms with E-state index in [2.05, 4.69) is 39.8 Å². The molecular weight excluding hydrogens is 350 g/mol. The molecule has 0 aliphatic rings. The zero-order chi connectivity index (χ0) is 15.5. The summed E-state index contributed by atoms with van der Waals surface area (Å²) in [4.78, 5) is 0. The molecule has 1 heterocycles. The van der Waals surface area contributed by atoms with Crippen LogP contribution in [0.1, 0.15) is 0 Å². The van der Waals surface area contributed by atoms with Gasteiger partial charge in [0.15, 0.2) is 5.82 Å². The van der Waals surface area contributed by atoms with Crippen LogP contribution in [0.5, 0.6) is 0 Å². The van der Waals surface area contributed by atoms with Crippen molar-refractivity contribution in [2.45, 2.75) is 0 Å². The van der Waals surface area contributed by atoms with Crippen LogP contribution in [-0.4, -0.2) is 21.1 Å². The summed E-state index contributed by atoms with van der Waals surface area (Å²) < 4.78 is 0. The molecule has 0 aliphatic carbocycles. The first kappa shape index (κ1) is 21.1. The summed E-state index contributed by atoms with van der Waals surface area (Å²) in [7, 11) is 0. The molecule has 0 fully saturated rings. The van der Waals surface area contributed by atoms with Gasteiger partial charge in [-0.1, -0.05) is 72.8 Å². The molecule has 0 bridgehead atoms. The number of hydrogen-bond acceptors (Lipinski definition) is 3. The van der Waals surface area contributed by atoms with E-state index in [0.29, 0.717) is 0 Å². The van der Waals surface area contributed by atoms with Crippen LogP contribution in [0.25, 0.3) is 22.0 Å². The average Bonchev–Trinajstić information content (AvgIpc) is 2.64. The lowest BCUT2D eigenvalue weighted by Crippen LogP contribution is -1.99. The predicted octanol–water partition coefficient (Wildman–Crippen LogP) is 3.81. The van der Waals surface area contributed by atoms with Crippen molar-refractivity contribution in [1.82, 2.24) is 10.2 Å². The Hall–Kier alpha value is -2.99. The zero-order valence-corrected chi connectivity index (χ0v) is 14.7. The molecule has 0 unspecified atom stereocenters. The summed E-state index contributed by atoms with van der Waals surface area (Å²) >= 11 is 0. The topological polar surface area (TPSA) is 101 Å². The molecule has 5 N–H and O–H groups in total. The normalized spacial score (nSPS) is 9.38. The fourth-order valence-electron chi connectivity index (χ4n) is 2.66.